The summed E-state index contributed by atoms with van der Waals surface area (Å²) >= 11 is 6.32. The number of carbonyl (C=O) groups is 1. The van der Waals surface area contributed by atoms with E-state index in [0.29, 0.717) is 10.6 Å². The zero-order chi connectivity index (χ0) is 19.0. The minimum atomic E-state index is -4.82. The van der Waals surface area contributed by atoms with E-state index in [0.717, 1.165) is 25.3 Å². The summed E-state index contributed by atoms with van der Waals surface area (Å²) in [6.45, 7) is 6.00. The van der Waals surface area contributed by atoms with Gasteiger partial charge in [0.15, 0.2) is 0 Å². The minimum absolute atomic E-state index is 0.00343. The average molecular weight is 377 g/mol. The fraction of sp³-hybridized carbons (Fsp3) is 0.500. The lowest BCUT2D eigenvalue weighted by atomic mass is 9.79. The molecular formula is C18H20ClF3O3. The molecule has 0 amide bonds. The lowest BCUT2D eigenvalue weighted by Crippen LogP contribution is -2.40. The second kappa shape index (κ2) is 6.90. The summed E-state index contributed by atoms with van der Waals surface area (Å²) in [4.78, 5) is 11.2. The minimum Gasteiger partial charge on any atom is -0.478 e. The van der Waals surface area contributed by atoms with Crippen molar-refractivity contribution in [1.82, 2.24) is 0 Å². The van der Waals surface area contributed by atoms with E-state index in [1.54, 1.807) is 0 Å². The van der Waals surface area contributed by atoms with Crippen LogP contribution in [0.15, 0.2) is 17.7 Å². The SMILES string of the molecule is CCCCC(C)(C)c1cc2c(cc1Cl)C=C(C(=O)O)[C@H](C(F)(F)F)O2. The molecule has 1 aliphatic rings. The molecule has 0 bridgehead atoms. The first kappa shape index (κ1) is 19.6. The van der Waals surface area contributed by atoms with Crippen LogP contribution in [-0.2, 0) is 10.2 Å². The Morgan fingerprint density at radius 3 is 2.48 bits per heavy atom. The van der Waals surface area contributed by atoms with Crippen molar-refractivity contribution in [2.24, 2.45) is 0 Å². The molecule has 7 heteroatoms. The fourth-order valence-electron chi connectivity index (χ4n) is 2.91. The van der Waals surface area contributed by atoms with Crippen LogP contribution in [0.1, 0.15) is 51.2 Å². The Morgan fingerprint density at radius 1 is 1.32 bits per heavy atom. The van der Waals surface area contributed by atoms with Crippen molar-refractivity contribution < 1.29 is 27.8 Å². The molecule has 0 aromatic heterocycles. The Balaban J connectivity index is 2.52. The molecule has 1 aliphatic heterocycles. The van der Waals surface area contributed by atoms with Crippen LogP contribution in [0, 0.1) is 0 Å². The molecule has 0 spiro atoms. The summed E-state index contributed by atoms with van der Waals surface area (Å²) in [7, 11) is 0. The van der Waals surface area contributed by atoms with Gasteiger partial charge in [-0.1, -0.05) is 45.2 Å². The highest BCUT2D eigenvalue weighted by Gasteiger charge is 2.48. The summed E-state index contributed by atoms with van der Waals surface area (Å²) in [5.41, 5.74) is -0.266. The van der Waals surface area contributed by atoms with Crippen molar-refractivity contribution in [2.45, 2.75) is 57.7 Å². The van der Waals surface area contributed by atoms with Gasteiger partial charge in [-0.2, -0.15) is 13.2 Å². The second-order valence-electron chi connectivity index (χ2n) is 6.80. The maximum absolute atomic E-state index is 13.2. The van der Waals surface area contributed by atoms with Gasteiger partial charge in [0.2, 0.25) is 6.10 Å². The predicted octanol–water partition coefficient (Wildman–Crippen LogP) is 5.60. The topological polar surface area (TPSA) is 46.5 Å². The van der Waals surface area contributed by atoms with E-state index in [9.17, 15) is 18.0 Å². The van der Waals surface area contributed by atoms with Crippen molar-refractivity contribution in [2.75, 3.05) is 0 Å². The predicted molar refractivity (Wildman–Crippen MR) is 90.1 cm³/mol. The summed E-state index contributed by atoms with van der Waals surface area (Å²) in [6, 6.07) is 2.97. The summed E-state index contributed by atoms with van der Waals surface area (Å²) in [5.74, 6) is -1.67. The molecule has 1 atom stereocenters. The molecule has 0 fully saturated rings. The first-order valence-corrected chi connectivity index (χ1v) is 8.37. The second-order valence-corrected chi connectivity index (χ2v) is 7.21. The number of benzene rings is 1. The van der Waals surface area contributed by atoms with Gasteiger partial charge in [-0.3, -0.25) is 0 Å². The lowest BCUT2D eigenvalue weighted by Gasteiger charge is -2.31. The largest absolute Gasteiger partial charge is 0.478 e. The number of rotatable bonds is 5. The van der Waals surface area contributed by atoms with Gasteiger partial charge in [-0.05, 0) is 35.6 Å². The Morgan fingerprint density at radius 2 is 1.96 bits per heavy atom. The Hall–Kier alpha value is -1.69. The molecule has 1 N–H and O–H groups in total. The van der Waals surface area contributed by atoms with Crippen LogP contribution < -0.4 is 4.74 Å². The quantitative estimate of drug-likeness (QED) is 0.727. The maximum atomic E-state index is 13.2. The van der Waals surface area contributed by atoms with E-state index in [1.165, 1.54) is 12.1 Å². The zero-order valence-electron chi connectivity index (χ0n) is 14.2. The van der Waals surface area contributed by atoms with Gasteiger partial charge in [0, 0.05) is 10.6 Å². The number of hydrogen-bond acceptors (Lipinski definition) is 2. The molecule has 2 rings (SSSR count). The van der Waals surface area contributed by atoms with Crippen molar-refractivity contribution in [3.8, 4) is 5.75 Å². The Labute approximate surface area is 149 Å². The van der Waals surface area contributed by atoms with Crippen LogP contribution in [0.4, 0.5) is 13.2 Å². The monoisotopic (exact) mass is 376 g/mol. The standard InChI is InChI=1S/C18H20ClF3O3/c1-4-5-6-17(2,3)12-9-14-10(8-13(12)19)7-11(16(23)24)15(25-14)18(20,21)22/h7-9,15H,4-6H2,1-3H3,(H,23,24)/t15-/m1/s1. The summed E-state index contributed by atoms with van der Waals surface area (Å²) in [5, 5.41) is 9.45. The van der Waals surface area contributed by atoms with Gasteiger partial charge in [0.05, 0.1) is 5.57 Å². The highest BCUT2D eigenvalue weighted by atomic mass is 35.5. The number of carboxylic acids is 1. The van der Waals surface area contributed by atoms with Gasteiger partial charge in [-0.25, -0.2) is 4.79 Å². The first-order chi connectivity index (χ1) is 11.5. The van der Waals surface area contributed by atoms with E-state index < -0.39 is 23.8 Å². The molecule has 0 saturated carbocycles. The molecule has 0 unspecified atom stereocenters. The van der Waals surface area contributed by atoms with Crippen molar-refractivity contribution in [3.05, 3.63) is 33.9 Å². The zero-order valence-corrected chi connectivity index (χ0v) is 15.0. The number of halogens is 4. The van der Waals surface area contributed by atoms with Gasteiger partial charge in [0.25, 0.3) is 0 Å². The highest BCUT2D eigenvalue weighted by Crippen LogP contribution is 2.43. The van der Waals surface area contributed by atoms with Gasteiger partial charge in [0.1, 0.15) is 5.75 Å². The molecule has 1 heterocycles. The van der Waals surface area contributed by atoms with E-state index in [4.69, 9.17) is 21.4 Å². The van der Waals surface area contributed by atoms with Crippen LogP contribution in [0.2, 0.25) is 5.02 Å². The fourth-order valence-corrected chi connectivity index (χ4v) is 3.33. The van der Waals surface area contributed by atoms with Crippen molar-refractivity contribution in [3.63, 3.8) is 0 Å². The molecular weight excluding hydrogens is 357 g/mol. The van der Waals surface area contributed by atoms with E-state index in [2.05, 4.69) is 6.92 Å². The lowest BCUT2D eigenvalue weighted by molar-refractivity contribution is -0.187. The number of unbranched alkanes of at least 4 members (excludes halogenated alkanes) is 1. The summed E-state index contributed by atoms with van der Waals surface area (Å²) < 4.78 is 44.5. The van der Waals surface area contributed by atoms with Gasteiger partial charge in [-0.15, -0.1) is 0 Å². The van der Waals surface area contributed by atoms with E-state index >= 15 is 0 Å². The number of carboxylic acid groups (broad SMARTS) is 1. The molecule has 25 heavy (non-hydrogen) atoms. The molecule has 1 aromatic rings. The van der Waals surface area contributed by atoms with Crippen LogP contribution in [0.3, 0.4) is 0 Å². The summed E-state index contributed by atoms with van der Waals surface area (Å²) in [6.07, 6.45) is -3.57. The third-order valence-electron chi connectivity index (χ3n) is 4.37. The van der Waals surface area contributed by atoms with Crippen molar-refractivity contribution in [1.29, 1.82) is 0 Å². The molecule has 0 radical (unpaired) electrons. The Kier molecular flexibility index (Phi) is 5.42. The smallest absolute Gasteiger partial charge is 0.430 e. The third-order valence-corrected chi connectivity index (χ3v) is 4.68. The van der Waals surface area contributed by atoms with Gasteiger partial charge >= 0.3 is 12.1 Å². The highest BCUT2D eigenvalue weighted by molar-refractivity contribution is 6.31. The number of fused-ring (bicyclic) bond motifs is 1. The van der Waals surface area contributed by atoms with Crippen LogP contribution in [-0.4, -0.2) is 23.4 Å². The molecule has 138 valence electrons. The van der Waals surface area contributed by atoms with Crippen molar-refractivity contribution >= 4 is 23.6 Å². The number of ether oxygens (including phenoxy) is 1. The molecule has 0 saturated heterocycles. The van der Waals surface area contributed by atoms with E-state index in [1.807, 2.05) is 13.8 Å². The van der Waals surface area contributed by atoms with Crippen LogP contribution in [0.5, 0.6) is 5.75 Å². The number of hydrogen-bond donors (Lipinski definition) is 1. The molecule has 1 aromatic carbocycles. The number of aliphatic carboxylic acids is 1. The normalized spacial score (nSPS) is 17.6. The third kappa shape index (κ3) is 4.11. The van der Waals surface area contributed by atoms with E-state index in [-0.39, 0.29) is 16.7 Å². The Bertz CT molecular complexity index is 708. The first-order valence-electron chi connectivity index (χ1n) is 7.99. The van der Waals surface area contributed by atoms with Crippen LogP contribution in [0.25, 0.3) is 6.08 Å². The number of alkyl halides is 3. The maximum Gasteiger partial charge on any atom is 0.430 e. The average Bonchev–Trinajstić information content (AvgIpc) is 2.50. The molecule has 3 nitrogen and oxygen atoms in total. The van der Waals surface area contributed by atoms with Gasteiger partial charge < -0.3 is 9.84 Å². The van der Waals surface area contributed by atoms with Crippen LogP contribution >= 0.6 is 11.6 Å². The molecule has 0 aliphatic carbocycles.